The van der Waals surface area contributed by atoms with Crippen molar-refractivity contribution in [3.8, 4) is 0 Å². The van der Waals surface area contributed by atoms with Gasteiger partial charge in [-0.1, -0.05) is 12.1 Å². The van der Waals surface area contributed by atoms with E-state index < -0.39 is 0 Å². The first-order valence-corrected chi connectivity index (χ1v) is 8.84. The average molecular weight is 334 g/mol. The molecule has 0 bridgehead atoms. The van der Waals surface area contributed by atoms with Crippen LogP contribution in [0.2, 0.25) is 0 Å². The number of benzene rings is 1. The Hall–Kier alpha value is -1.46. The molecule has 0 aromatic heterocycles. The molecule has 2 aliphatic heterocycles. The van der Waals surface area contributed by atoms with Crippen molar-refractivity contribution in [2.24, 2.45) is 5.41 Å². The van der Waals surface area contributed by atoms with Gasteiger partial charge in [0.25, 0.3) is 0 Å². The smallest absolute Gasteiger partial charge is 0.224 e. The van der Waals surface area contributed by atoms with Gasteiger partial charge in [0.1, 0.15) is 5.82 Å². The van der Waals surface area contributed by atoms with E-state index in [1.54, 1.807) is 7.11 Å². The van der Waals surface area contributed by atoms with E-state index in [4.69, 9.17) is 4.74 Å². The summed E-state index contributed by atoms with van der Waals surface area (Å²) in [5, 5.41) is 0. The van der Waals surface area contributed by atoms with E-state index in [1.807, 2.05) is 17.0 Å². The molecule has 1 aromatic carbocycles. The van der Waals surface area contributed by atoms with Crippen molar-refractivity contribution >= 4 is 5.91 Å². The lowest BCUT2D eigenvalue weighted by atomic mass is 9.79. The second-order valence-electron chi connectivity index (χ2n) is 7.25. The topological polar surface area (TPSA) is 32.8 Å². The Kier molecular flexibility index (Phi) is 5.51. The Bertz CT molecular complexity index is 563. The number of hydrogen-bond donors (Lipinski definition) is 0. The minimum atomic E-state index is -0.185. The third-order valence-corrected chi connectivity index (χ3v) is 5.37. The van der Waals surface area contributed by atoms with E-state index in [0.717, 1.165) is 44.7 Å². The van der Waals surface area contributed by atoms with E-state index in [0.29, 0.717) is 13.0 Å². The first-order valence-electron chi connectivity index (χ1n) is 8.84. The van der Waals surface area contributed by atoms with Gasteiger partial charge in [-0.2, -0.15) is 0 Å². The van der Waals surface area contributed by atoms with Crippen molar-refractivity contribution in [1.82, 2.24) is 9.80 Å². The fourth-order valence-electron chi connectivity index (χ4n) is 4.12. The summed E-state index contributed by atoms with van der Waals surface area (Å²) < 4.78 is 18.1. The minimum absolute atomic E-state index is 0.185. The van der Waals surface area contributed by atoms with Crippen LogP contribution < -0.4 is 0 Å². The third-order valence-electron chi connectivity index (χ3n) is 5.37. The summed E-state index contributed by atoms with van der Waals surface area (Å²) in [5.74, 6) is 0.0271. The van der Waals surface area contributed by atoms with Crippen molar-refractivity contribution in [3.05, 3.63) is 35.6 Å². The number of hydrogen-bond acceptors (Lipinski definition) is 3. The van der Waals surface area contributed by atoms with Crippen molar-refractivity contribution in [3.63, 3.8) is 0 Å². The molecule has 1 aromatic rings. The lowest BCUT2D eigenvalue weighted by molar-refractivity contribution is -0.131. The zero-order valence-electron chi connectivity index (χ0n) is 14.5. The van der Waals surface area contributed by atoms with Crippen LogP contribution in [-0.4, -0.2) is 55.6 Å². The van der Waals surface area contributed by atoms with Crippen LogP contribution in [0, 0.1) is 11.2 Å². The highest BCUT2D eigenvalue weighted by Crippen LogP contribution is 2.39. The first-order chi connectivity index (χ1) is 11.6. The number of amides is 1. The van der Waals surface area contributed by atoms with Gasteiger partial charge in [0, 0.05) is 38.7 Å². The Labute approximate surface area is 143 Å². The lowest BCUT2D eigenvalue weighted by Crippen LogP contribution is -2.45. The molecule has 1 atom stereocenters. The van der Waals surface area contributed by atoms with Gasteiger partial charge in [0.2, 0.25) is 5.91 Å². The second kappa shape index (κ2) is 7.62. The maximum absolute atomic E-state index is 13.1. The number of halogens is 1. The largest absolute Gasteiger partial charge is 0.384 e. The van der Waals surface area contributed by atoms with Gasteiger partial charge >= 0.3 is 0 Å². The molecule has 0 radical (unpaired) electrons. The molecule has 2 heterocycles. The number of piperidine rings is 1. The highest BCUT2D eigenvalue weighted by molar-refractivity contribution is 5.76. The highest BCUT2D eigenvalue weighted by Gasteiger charge is 2.42. The number of rotatable bonds is 5. The van der Waals surface area contributed by atoms with E-state index in [9.17, 15) is 9.18 Å². The quantitative estimate of drug-likeness (QED) is 0.830. The maximum Gasteiger partial charge on any atom is 0.224 e. The summed E-state index contributed by atoms with van der Waals surface area (Å²) in [6, 6.07) is 6.79. The number of carbonyl (C=O) groups excluding carboxylic acids is 1. The van der Waals surface area contributed by atoms with Crippen LogP contribution in [0.15, 0.2) is 24.3 Å². The lowest BCUT2D eigenvalue weighted by Gasteiger charge is -2.40. The molecule has 2 fully saturated rings. The maximum atomic E-state index is 13.1. The van der Waals surface area contributed by atoms with Crippen LogP contribution in [0.4, 0.5) is 4.39 Å². The monoisotopic (exact) mass is 334 g/mol. The van der Waals surface area contributed by atoms with E-state index >= 15 is 0 Å². The van der Waals surface area contributed by atoms with Gasteiger partial charge in [0.05, 0.1) is 13.0 Å². The summed E-state index contributed by atoms with van der Waals surface area (Å²) >= 11 is 0. The minimum Gasteiger partial charge on any atom is -0.384 e. The molecule has 4 nitrogen and oxygen atoms in total. The number of nitrogens with zero attached hydrogens (tertiary/aromatic N) is 2. The van der Waals surface area contributed by atoms with Crippen molar-refractivity contribution in [1.29, 1.82) is 0 Å². The Balaban J connectivity index is 1.57. The highest BCUT2D eigenvalue weighted by atomic mass is 19.1. The van der Waals surface area contributed by atoms with Crippen LogP contribution in [-0.2, 0) is 16.1 Å². The summed E-state index contributed by atoms with van der Waals surface area (Å²) in [7, 11) is 1.63. The van der Waals surface area contributed by atoms with Gasteiger partial charge in [-0.15, -0.1) is 0 Å². The van der Waals surface area contributed by atoms with Gasteiger partial charge < -0.3 is 9.64 Å². The Morgan fingerprint density at radius 1 is 1.21 bits per heavy atom. The predicted molar refractivity (Wildman–Crippen MR) is 91.0 cm³/mol. The van der Waals surface area contributed by atoms with Crippen LogP contribution >= 0.6 is 0 Å². The molecule has 132 valence electrons. The molecule has 0 aliphatic carbocycles. The summed E-state index contributed by atoms with van der Waals surface area (Å²) in [6.07, 6.45) is 3.93. The first kappa shape index (κ1) is 17.4. The molecule has 1 amide bonds. The number of ether oxygens (including phenoxy) is 1. The molecular formula is C19H27FN2O2. The third kappa shape index (κ3) is 4.14. The molecule has 1 spiro atoms. The SMILES string of the molecule is COCCC(=O)N1CC[C@@]2(CCCN(Cc3ccc(F)cc3)C2)C1. The summed E-state index contributed by atoms with van der Waals surface area (Å²) in [5.41, 5.74) is 1.39. The van der Waals surface area contributed by atoms with Gasteiger partial charge in [-0.3, -0.25) is 9.69 Å². The number of methoxy groups -OCH3 is 1. The van der Waals surface area contributed by atoms with Crippen LogP contribution in [0.25, 0.3) is 0 Å². The molecule has 2 aliphatic rings. The van der Waals surface area contributed by atoms with Crippen LogP contribution in [0.1, 0.15) is 31.2 Å². The Morgan fingerprint density at radius 2 is 2.00 bits per heavy atom. The van der Waals surface area contributed by atoms with Crippen LogP contribution in [0.3, 0.4) is 0 Å². The molecule has 0 N–H and O–H groups in total. The van der Waals surface area contributed by atoms with Gasteiger partial charge in [-0.05, 0) is 43.5 Å². The summed E-state index contributed by atoms with van der Waals surface area (Å²) in [4.78, 5) is 16.7. The standard InChI is InChI=1S/C19H27FN2O2/c1-24-12-7-18(23)22-11-9-19(15-22)8-2-10-21(14-19)13-16-3-5-17(20)6-4-16/h3-6H,2,7-15H2,1H3/t19-/m1/s1. The van der Waals surface area contributed by atoms with Crippen LogP contribution in [0.5, 0.6) is 0 Å². The normalized spacial score (nSPS) is 24.7. The van der Waals surface area contributed by atoms with E-state index in [2.05, 4.69) is 4.90 Å². The number of likely N-dealkylation sites (tertiary alicyclic amines) is 2. The zero-order valence-corrected chi connectivity index (χ0v) is 14.5. The molecule has 0 saturated carbocycles. The average Bonchev–Trinajstić information content (AvgIpc) is 2.98. The van der Waals surface area contributed by atoms with Gasteiger partial charge in [0.15, 0.2) is 0 Å². The van der Waals surface area contributed by atoms with Crippen molar-refractivity contribution in [2.75, 3.05) is 39.9 Å². The van der Waals surface area contributed by atoms with Crippen molar-refractivity contribution in [2.45, 2.75) is 32.2 Å². The molecule has 5 heteroatoms. The molecule has 3 rings (SSSR count). The summed E-state index contributed by atoms with van der Waals surface area (Å²) in [6.45, 7) is 5.20. The Morgan fingerprint density at radius 3 is 2.75 bits per heavy atom. The fourth-order valence-corrected chi connectivity index (χ4v) is 4.12. The van der Waals surface area contributed by atoms with Gasteiger partial charge in [-0.25, -0.2) is 4.39 Å². The molecule has 0 unspecified atom stereocenters. The second-order valence-corrected chi connectivity index (χ2v) is 7.25. The molecule has 2 saturated heterocycles. The molecular weight excluding hydrogens is 307 g/mol. The fraction of sp³-hybridized carbons (Fsp3) is 0.632. The van der Waals surface area contributed by atoms with E-state index in [1.165, 1.54) is 25.0 Å². The van der Waals surface area contributed by atoms with E-state index in [-0.39, 0.29) is 17.1 Å². The number of carbonyl (C=O) groups is 1. The zero-order chi connectivity index (χ0) is 17.0. The van der Waals surface area contributed by atoms with Crippen molar-refractivity contribution < 1.29 is 13.9 Å². The molecule has 24 heavy (non-hydrogen) atoms. The predicted octanol–water partition coefficient (Wildman–Crippen LogP) is 2.68.